The molecule has 0 saturated carbocycles. The maximum absolute atomic E-state index is 12.8. The number of imidazole rings is 1. The Morgan fingerprint density at radius 1 is 1.00 bits per heavy atom. The number of nitrogens with zero attached hydrogens (tertiary/aromatic N) is 5. The summed E-state index contributed by atoms with van der Waals surface area (Å²) in [4.78, 5) is 39.8. The summed E-state index contributed by atoms with van der Waals surface area (Å²) in [6.07, 6.45) is 3.34. The summed E-state index contributed by atoms with van der Waals surface area (Å²) < 4.78 is 7.75. The molecule has 1 aliphatic heterocycles. The number of hydrogen-bond acceptors (Lipinski definition) is 6. The molecule has 1 unspecified atom stereocenters. The summed E-state index contributed by atoms with van der Waals surface area (Å²) in [7, 11) is 0. The molecule has 1 atom stereocenters. The Bertz CT molecular complexity index is 1410. The van der Waals surface area contributed by atoms with Gasteiger partial charge in [-0.2, -0.15) is 0 Å². The van der Waals surface area contributed by atoms with Crippen molar-refractivity contribution in [1.29, 1.82) is 0 Å². The molecule has 2 aromatic heterocycles. The lowest BCUT2D eigenvalue weighted by atomic mass is 10.1. The number of carbonyl (C=O) groups is 2. The molecule has 2 aromatic carbocycles. The molecule has 1 N–H and O–H groups in total. The fourth-order valence-corrected chi connectivity index (χ4v) is 4.08. The van der Waals surface area contributed by atoms with Crippen LogP contribution in [0.25, 0.3) is 5.82 Å². The van der Waals surface area contributed by atoms with Crippen LogP contribution in [0.4, 0.5) is 11.4 Å². The molecule has 2 amide bonds. The van der Waals surface area contributed by atoms with Crippen molar-refractivity contribution in [3.05, 3.63) is 84.2 Å². The zero-order chi connectivity index (χ0) is 25.2. The van der Waals surface area contributed by atoms with Gasteiger partial charge in [-0.3, -0.25) is 14.2 Å². The molecule has 0 aliphatic carbocycles. The molecule has 4 aromatic rings. The molecular formula is C27H26N6O3. The van der Waals surface area contributed by atoms with Crippen molar-refractivity contribution in [3.8, 4) is 17.4 Å². The Hall–Kier alpha value is -4.53. The first-order valence-electron chi connectivity index (χ1n) is 11.7. The molecule has 9 nitrogen and oxygen atoms in total. The van der Waals surface area contributed by atoms with Crippen LogP contribution in [0.1, 0.15) is 23.4 Å². The van der Waals surface area contributed by atoms with Gasteiger partial charge >= 0.3 is 0 Å². The molecule has 36 heavy (non-hydrogen) atoms. The van der Waals surface area contributed by atoms with E-state index in [1.165, 1.54) is 6.33 Å². The number of amides is 2. The number of benzene rings is 2. The zero-order valence-corrected chi connectivity index (χ0v) is 20.3. The van der Waals surface area contributed by atoms with E-state index in [1.54, 1.807) is 41.6 Å². The summed E-state index contributed by atoms with van der Waals surface area (Å²) >= 11 is 0. The third kappa shape index (κ3) is 4.81. The number of rotatable bonds is 6. The fourth-order valence-electron chi connectivity index (χ4n) is 4.08. The van der Waals surface area contributed by atoms with Gasteiger partial charge in [0.05, 0.1) is 11.6 Å². The molecule has 182 valence electrons. The second-order valence-corrected chi connectivity index (χ2v) is 8.86. The molecule has 1 saturated heterocycles. The van der Waals surface area contributed by atoms with Gasteiger partial charge in [0, 0.05) is 36.1 Å². The normalized spacial score (nSPS) is 15.2. The van der Waals surface area contributed by atoms with Crippen LogP contribution >= 0.6 is 0 Å². The maximum Gasteiger partial charge on any atom is 0.229 e. The van der Waals surface area contributed by atoms with Crippen LogP contribution in [0, 0.1) is 26.7 Å². The zero-order valence-electron chi connectivity index (χ0n) is 20.3. The lowest BCUT2D eigenvalue weighted by Gasteiger charge is -2.17. The quantitative estimate of drug-likeness (QED) is 0.438. The van der Waals surface area contributed by atoms with Gasteiger partial charge in [-0.05, 0) is 57.2 Å². The third-order valence-electron chi connectivity index (χ3n) is 6.31. The highest BCUT2D eigenvalue weighted by Gasteiger charge is 2.35. The molecule has 9 heteroatoms. The summed E-state index contributed by atoms with van der Waals surface area (Å²) in [6.45, 7) is 6.27. The summed E-state index contributed by atoms with van der Waals surface area (Å²) in [5, 5.41) is 2.91. The fraction of sp³-hybridized carbons (Fsp3) is 0.222. The SMILES string of the molecule is Cc1ccc(N2CC(C(=O)Nc3ccc(Oc4cc(-n5cnc(C)c5C)ncn4)cc3)CC2=O)cc1. The van der Waals surface area contributed by atoms with Gasteiger partial charge < -0.3 is 15.0 Å². The molecule has 0 spiro atoms. The summed E-state index contributed by atoms with van der Waals surface area (Å²) in [5.74, 6) is 0.976. The second-order valence-electron chi connectivity index (χ2n) is 8.86. The smallest absolute Gasteiger partial charge is 0.229 e. The Morgan fingerprint density at radius 2 is 1.75 bits per heavy atom. The Kier molecular flexibility index (Phi) is 6.20. The van der Waals surface area contributed by atoms with Crippen molar-refractivity contribution in [2.45, 2.75) is 27.2 Å². The molecular weight excluding hydrogens is 456 g/mol. The topological polar surface area (TPSA) is 102 Å². The standard InChI is InChI=1S/C27H26N6O3/c1-17-4-8-22(9-5-17)32-14-20(12-26(32)34)27(35)31-21-6-10-23(11-7-21)36-25-13-24(28-15-29-25)33-16-30-18(2)19(33)3/h4-11,13,15-16,20H,12,14H2,1-3H3,(H,31,35). The minimum Gasteiger partial charge on any atom is -0.439 e. The largest absolute Gasteiger partial charge is 0.439 e. The first-order chi connectivity index (χ1) is 17.4. The highest BCUT2D eigenvalue weighted by Crippen LogP contribution is 2.27. The monoisotopic (exact) mass is 482 g/mol. The van der Waals surface area contributed by atoms with Crippen LogP contribution < -0.4 is 15.0 Å². The van der Waals surface area contributed by atoms with Gasteiger partial charge in [-0.15, -0.1) is 0 Å². The predicted octanol–water partition coefficient (Wildman–Crippen LogP) is 4.37. The van der Waals surface area contributed by atoms with Gasteiger partial charge in [0.2, 0.25) is 17.7 Å². The predicted molar refractivity (Wildman–Crippen MR) is 135 cm³/mol. The first-order valence-corrected chi connectivity index (χ1v) is 11.7. The van der Waals surface area contributed by atoms with E-state index in [9.17, 15) is 9.59 Å². The van der Waals surface area contributed by atoms with E-state index in [0.29, 0.717) is 29.7 Å². The van der Waals surface area contributed by atoms with E-state index < -0.39 is 5.92 Å². The number of aryl methyl sites for hydroxylation is 2. The van der Waals surface area contributed by atoms with E-state index in [2.05, 4.69) is 20.3 Å². The van der Waals surface area contributed by atoms with Crippen molar-refractivity contribution in [1.82, 2.24) is 19.5 Å². The van der Waals surface area contributed by atoms with Crippen molar-refractivity contribution in [2.75, 3.05) is 16.8 Å². The van der Waals surface area contributed by atoms with Crippen LogP contribution in [-0.4, -0.2) is 37.9 Å². The molecule has 3 heterocycles. The second kappa shape index (κ2) is 9.61. The average molecular weight is 483 g/mol. The third-order valence-corrected chi connectivity index (χ3v) is 6.31. The van der Waals surface area contributed by atoms with Gasteiger partial charge in [0.25, 0.3) is 0 Å². The number of hydrogen-bond donors (Lipinski definition) is 1. The van der Waals surface area contributed by atoms with Gasteiger partial charge in [-0.25, -0.2) is 15.0 Å². The van der Waals surface area contributed by atoms with Gasteiger partial charge in [-0.1, -0.05) is 17.7 Å². The lowest BCUT2D eigenvalue weighted by Crippen LogP contribution is -2.28. The van der Waals surface area contributed by atoms with E-state index in [-0.39, 0.29) is 18.2 Å². The first kappa shape index (κ1) is 23.2. The number of aromatic nitrogens is 4. The van der Waals surface area contributed by atoms with Crippen molar-refractivity contribution in [3.63, 3.8) is 0 Å². The lowest BCUT2D eigenvalue weighted by molar-refractivity contribution is -0.122. The highest BCUT2D eigenvalue weighted by molar-refractivity contribution is 6.03. The van der Waals surface area contributed by atoms with Crippen LogP contribution in [-0.2, 0) is 9.59 Å². The Balaban J connectivity index is 1.21. The molecule has 1 aliphatic rings. The maximum atomic E-state index is 12.8. The van der Waals surface area contributed by atoms with Gasteiger partial charge in [0.15, 0.2) is 0 Å². The molecule has 0 radical (unpaired) electrons. The molecule has 1 fully saturated rings. The number of nitrogens with one attached hydrogen (secondary N) is 1. The minimum atomic E-state index is -0.413. The average Bonchev–Trinajstić information content (AvgIpc) is 3.43. The van der Waals surface area contributed by atoms with E-state index in [0.717, 1.165) is 22.6 Å². The summed E-state index contributed by atoms with van der Waals surface area (Å²) in [5.41, 5.74) is 4.48. The van der Waals surface area contributed by atoms with E-state index in [1.807, 2.05) is 49.6 Å². The van der Waals surface area contributed by atoms with Crippen LogP contribution in [0.3, 0.4) is 0 Å². The van der Waals surface area contributed by atoms with E-state index >= 15 is 0 Å². The molecule has 0 bridgehead atoms. The van der Waals surface area contributed by atoms with Crippen molar-refractivity contribution < 1.29 is 14.3 Å². The van der Waals surface area contributed by atoms with Gasteiger partial charge in [0.1, 0.15) is 24.2 Å². The number of ether oxygens (including phenoxy) is 1. The van der Waals surface area contributed by atoms with Crippen LogP contribution in [0.15, 0.2) is 67.3 Å². The van der Waals surface area contributed by atoms with Crippen molar-refractivity contribution in [2.24, 2.45) is 5.92 Å². The van der Waals surface area contributed by atoms with E-state index in [4.69, 9.17) is 4.74 Å². The Labute approximate surface area is 208 Å². The molecule has 5 rings (SSSR count). The number of anilines is 2. The highest BCUT2D eigenvalue weighted by atomic mass is 16.5. The number of carbonyl (C=O) groups excluding carboxylic acids is 2. The van der Waals surface area contributed by atoms with Crippen molar-refractivity contribution >= 4 is 23.2 Å². The van der Waals surface area contributed by atoms with Crippen LogP contribution in [0.5, 0.6) is 11.6 Å². The Morgan fingerprint density at radius 3 is 2.44 bits per heavy atom. The summed E-state index contributed by atoms with van der Waals surface area (Å²) in [6, 6.07) is 16.5. The van der Waals surface area contributed by atoms with Crippen LogP contribution in [0.2, 0.25) is 0 Å². The minimum absolute atomic E-state index is 0.0481.